The Labute approximate surface area is 199 Å². The molecule has 1 N–H and O–H groups in total. The summed E-state index contributed by atoms with van der Waals surface area (Å²) in [7, 11) is 0. The molecule has 32 heavy (non-hydrogen) atoms. The number of aromatic nitrogens is 2. The van der Waals surface area contributed by atoms with E-state index >= 15 is 0 Å². The number of aryl methyl sites for hydroxylation is 1. The topological polar surface area (TPSA) is 67.2 Å². The van der Waals surface area contributed by atoms with Gasteiger partial charge in [-0.05, 0) is 33.9 Å². The fourth-order valence-corrected chi connectivity index (χ4v) is 5.87. The number of hydrogen-bond donors (Lipinski definition) is 1. The normalized spacial score (nSPS) is 11.3. The van der Waals surface area contributed by atoms with Gasteiger partial charge in [0.15, 0.2) is 8.68 Å². The molecule has 0 fully saturated rings. The van der Waals surface area contributed by atoms with Crippen molar-refractivity contribution in [1.82, 2.24) is 15.6 Å². The maximum Gasteiger partial charge on any atom is 0.250 e. The molecule has 0 spiro atoms. The van der Waals surface area contributed by atoms with E-state index < -0.39 is 0 Å². The number of benzene rings is 3. The SMILES string of the molecule is CCc1ccc(/C=N\NC(=O)CSc2nnc(SCc3cccc4ccccc34)s2)cc1. The van der Waals surface area contributed by atoms with Gasteiger partial charge in [-0.3, -0.25) is 4.79 Å². The highest BCUT2D eigenvalue weighted by atomic mass is 32.2. The van der Waals surface area contributed by atoms with E-state index in [1.165, 1.54) is 45.0 Å². The van der Waals surface area contributed by atoms with Crippen LogP contribution in [0.2, 0.25) is 0 Å². The summed E-state index contributed by atoms with van der Waals surface area (Å²) >= 11 is 4.54. The predicted octanol–water partition coefficient (Wildman–Crippen LogP) is 5.79. The summed E-state index contributed by atoms with van der Waals surface area (Å²) in [5.41, 5.74) is 6.06. The minimum atomic E-state index is -0.170. The van der Waals surface area contributed by atoms with E-state index in [2.05, 4.69) is 82.2 Å². The Kier molecular flexibility index (Phi) is 7.92. The smallest absolute Gasteiger partial charge is 0.250 e. The molecule has 0 bridgehead atoms. The number of fused-ring (bicyclic) bond motifs is 1. The summed E-state index contributed by atoms with van der Waals surface area (Å²) in [5, 5.41) is 15.0. The first kappa shape index (κ1) is 22.5. The van der Waals surface area contributed by atoms with Crippen LogP contribution in [0, 0.1) is 0 Å². The maximum absolute atomic E-state index is 12.1. The predicted molar refractivity (Wildman–Crippen MR) is 136 cm³/mol. The van der Waals surface area contributed by atoms with Gasteiger partial charge in [-0.1, -0.05) is 109 Å². The minimum absolute atomic E-state index is 0.170. The van der Waals surface area contributed by atoms with Crippen molar-refractivity contribution in [2.24, 2.45) is 5.10 Å². The largest absolute Gasteiger partial charge is 0.272 e. The zero-order valence-corrected chi connectivity index (χ0v) is 20.0. The molecule has 0 saturated heterocycles. The lowest BCUT2D eigenvalue weighted by Gasteiger charge is -2.04. The van der Waals surface area contributed by atoms with Crippen molar-refractivity contribution in [3.8, 4) is 0 Å². The van der Waals surface area contributed by atoms with Crippen LogP contribution >= 0.6 is 34.9 Å². The van der Waals surface area contributed by atoms with Gasteiger partial charge in [-0.2, -0.15) is 5.10 Å². The summed E-state index contributed by atoms with van der Waals surface area (Å²) in [6.07, 6.45) is 2.65. The van der Waals surface area contributed by atoms with Crippen LogP contribution in [0.4, 0.5) is 0 Å². The molecular weight excluding hydrogens is 456 g/mol. The Morgan fingerprint density at radius 1 is 1.00 bits per heavy atom. The molecule has 1 aromatic heterocycles. The number of thioether (sulfide) groups is 2. The van der Waals surface area contributed by atoms with E-state index in [-0.39, 0.29) is 11.7 Å². The van der Waals surface area contributed by atoms with E-state index in [1.807, 2.05) is 12.1 Å². The Balaban J connectivity index is 1.24. The molecule has 4 aromatic rings. The molecule has 3 aromatic carbocycles. The first-order valence-corrected chi connectivity index (χ1v) is 13.0. The van der Waals surface area contributed by atoms with Crippen molar-refractivity contribution in [2.45, 2.75) is 27.8 Å². The molecule has 0 aliphatic rings. The molecule has 0 aliphatic carbocycles. The fourth-order valence-electron chi connectivity index (χ4n) is 3.05. The second-order valence-electron chi connectivity index (χ2n) is 6.94. The van der Waals surface area contributed by atoms with Crippen molar-refractivity contribution >= 4 is 57.8 Å². The molecule has 0 aliphatic heterocycles. The van der Waals surface area contributed by atoms with Gasteiger partial charge in [-0.15, -0.1) is 10.2 Å². The van der Waals surface area contributed by atoms with Gasteiger partial charge < -0.3 is 0 Å². The van der Waals surface area contributed by atoms with E-state index in [1.54, 1.807) is 18.0 Å². The van der Waals surface area contributed by atoms with E-state index in [9.17, 15) is 4.79 Å². The van der Waals surface area contributed by atoms with Crippen molar-refractivity contribution in [1.29, 1.82) is 0 Å². The zero-order valence-electron chi connectivity index (χ0n) is 17.5. The second kappa shape index (κ2) is 11.3. The van der Waals surface area contributed by atoms with E-state index in [0.717, 1.165) is 26.4 Å². The Hall–Kier alpha value is -2.68. The highest BCUT2D eigenvalue weighted by Gasteiger charge is 2.09. The van der Waals surface area contributed by atoms with Crippen LogP contribution in [0.1, 0.15) is 23.6 Å². The summed E-state index contributed by atoms with van der Waals surface area (Å²) in [5.74, 6) is 0.903. The van der Waals surface area contributed by atoms with Crippen molar-refractivity contribution in [3.05, 3.63) is 83.4 Å². The number of carbonyl (C=O) groups is 1. The van der Waals surface area contributed by atoms with Crippen LogP contribution in [0.5, 0.6) is 0 Å². The number of nitrogens with zero attached hydrogens (tertiary/aromatic N) is 3. The van der Waals surface area contributed by atoms with E-state index in [0.29, 0.717) is 0 Å². The number of rotatable bonds is 9. The van der Waals surface area contributed by atoms with Crippen LogP contribution in [-0.2, 0) is 17.0 Å². The van der Waals surface area contributed by atoms with Gasteiger partial charge in [0.2, 0.25) is 0 Å². The number of nitrogens with one attached hydrogen (secondary N) is 1. The third-order valence-corrected chi connectivity index (χ3v) is 7.98. The Bertz CT molecular complexity index is 1220. The van der Waals surface area contributed by atoms with Gasteiger partial charge in [-0.25, -0.2) is 5.43 Å². The maximum atomic E-state index is 12.1. The number of carbonyl (C=O) groups excluding carboxylic acids is 1. The molecule has 162 valence electrons. The van der Waals surface area contributed by atoms with Crippen LogP contribution < -0.4 is 5.43 Å². The van der Waals surface area contributed by atoms with Crippen LogP contribution in [0.15, 0.2) is 80.5 Å². The first-order chi connectivity index (χ1) is 15.7. The molecule has 8 heteroatoms. The van der Waals surface area contributed by atoms with Gasteiger partial charge in [0.05, 0.1) is 12.0 Å². The highest BCUT2D eigenvalue weighted by Crippen LogP contribution is 2.32. The van der Waals surface area contributed by atoms with Crippen LogP contribution in [-0.4, -0.2) is 28.1 Å². The standard InChI is InChI=1S/C24H22N4OS3/c1-2-17-10-12-18(13-11-17)14-25-26-22(29)16-31-24-28-27-23(32-24)30-15-20-8-5-7-19-6-3-4-9-21(19)20/h3-14H,2,15-16H2,1H3,(H,26,29)/b25-14-. The lowest BCUT2D eigenvalue weighted by atomic mass is 10.1. The Morgan fingerprint density at radius 2 is 1.75 bits per heavy atom. The first-order valence-electron chi connectivity index (χ1n) is 10.2. The molecule has 0 saturated carbocycles. The highest BCUT2D eigenvalue weighted by molar-refractivity contribution is 8.03. The average molecular weight is 479 g/mol. The van der Waals surface area contributed by atoms with Gasteiger partial charge in [0.25, 0.3) is 5.91 Å². The third-order valence-electron chi connectivity index (χ3n) is 4.74. The lowest BCUT2D eigenvalue weighted by Crippen LogP contribution is -2.19. The number of hydrazone groups is 1. The molecule has 1 heterocycles. The minimum Gasteiger partial charge on any atom is -0.272 e. The zero-order chi connectivity index (χ0) is 22.2. The van der Waals surface area contributed by atoms with Gasteiger partial charge in [0.1, 0.15) is 0 Å². The molecule has 5 nitrogen and oxygen atoms in total. The number of hydrogen-bond acceptors (Lipinski definition) is 7. The summed E-state index contributed by atoms with van der Waals surface area (Å²) in [4.78, 5) is 12.1. The quantitative estimate of drug-likeness (QED) is 0.187. The van der Waals surface area contributed by atoms with Gasteiger partial charge in [0, 0.05) is 5.75 Å². The molecule has 0 atom stereocenters. The fraction of sp³-hybridized carbons (Fsp3) is 0.167. The molecule has 0 unspecified atom stereocenters. The molecular formula is C24H22N4OS3. The molecule has 1 amide bonds. The average Bonchev–Trinajstić information content (AvgIpc) is 3.30. The number of amides is 1. The monoisotopic (exact) mass is 478 g/mol. The van der Waals surface area contributed by atoms with Crippen LogP contribution in [0.25, 0.3) is 10.8 Å². The third kappa shape index (κ3) is 6.18. The van der Waals surface area contributed by atoms with Crippen molar-refractivity contribution in [2.75, 3.05) is 5.75 Å². The van der Waals surface area contributed by atoms with E-state index in [4.69, 9.17) is 0 Å². The lowest BCUT2D eigenvalue weighted by molar-refractivity contribution is -0.118. The van der Waals surface area contributed by atoms with Crippen molar-refractivity contribution in [3.63, 3.8) is 0 Å². The molecule has 0 radical (unpaired) electrons. The van der Waals surface area contributed by atoms with Gasteiger partial charge >= 0.3 is 0 Å². The summed E-state index contributed by atoms with van der Waals surface area (Å²) in [6.45, 7) is 2.12. The van der Waals surface area contributed by atoms with Crippen LogP contribution in [0.3, 0.4) is 0 Å². The Morgan fingerprint density at radius 3 is 2.56 bits per heavy atom. The second-order valence-corrected chi connectivity index (χ2v) is 10.4. The summed E-state index contributed by atoms with van der Waals surface area (Å²) in [6, 6.07) is 22.8. The molecule has 4 rings (SSSR count). The summed E-state index contributed by atoms with van der Waals surface area (Å²) < 4.78 is 1.68. The van der Waals surface area contributed by atoms with Crippen molar-refractivity contribution < 1.29 is 4.79 Å².